The van der Waals surface area contributed by atoms with Crippen LogP contribution in [0.25, 0.3) is 10.9 Å². The fourth-order valence-electron chi connectivity index (χ4n) is 1.15. The van der Waals surface area contributed by atoms with Crippen molar-refractivity contribution in [3.05, 3.63) is 30.3 Å². The number of nitrogens with two attached hydrogens (primary N) is 1. The van der Waals surface area contributed by atoms with Gasteiger partial charge in [-0.2, -0.15) is 0 Å². The maximum absolute atomic E-state index is 9.38. The number of phenolic OH excluding ortho intramolecular Hbond substituents is 1. The number of fused-ring (bicyclic) bond motifs is 1. The summed E-state index contributed by atoms with van der Waals surface area (Å²) in [5.41, 5.74) is 6.02. The van der Waals surface area contributed by atoms with Gasteiger partial charge >= 0.3 is 27.3 Å². The summed E-state index contributed by atoms with van der Waals surface area (Å²) in [6.07, 6.45) is 0. The molecule has 2 radical (unpaired) electrons. The van der Waals surface area contributed by atoms with E-state index in [0.29, 0.717) is 11.3 Å². The van der Waals surface area contributed by atoms with Crippen molar-refractivity contribution < 1.29 is 5.11 Å². The van der Waals surface area contributed by atoms with E-state index in [1.54, 1.807) is 18.2 Å². The van der Waals surface area contributed by atoms with Crippen molar-refractivity contribution in [2.45, 2.75) is 0 Å². The molecule has 0 atom stereocenters. The molecule has 66 valence electrons. The van der Waals surface area contributed by atoms with Gasteiger partial charge in [0.15, 0.2) is 0 Å². The third-order valence-corrected chi connectivity index (χ3v) is 1.72. The van der Waals surface area contributed by atoms with Gasteiger partial charge in [0.2, 0.25) is 0 Å². The Hall–Kier alpha value is -0.848. The van der Waals surface area contributed by atoms with Crippen molar-refractivity contribution in [2.75, 3.05) is 5.73 Å². The molecule has 0 saturated carbocycles. The number of pyridine rings is 1. The van der Waals surface area contributed by atoms with E-state index >= 15 is 0 Å². The molecule has 0 spiro atoms. The Kier molecular flexibility index (Phi) is 3.08. The Morgan fingerprint density at radius 2 is 1.92 bits per heavy atom. The number of benzene rings is 1. The topological polar surface area (TPSA) is 59.1 Å². The van der Waals surface area contributed by atoms with Crippen LogP contribution in [0.15, 0.2) is 30.3 Å². The zero-order chi connectivity index (χ0) is 8.55. The SMILES string of the molecule is Nc1ccc2cccc(O)c2n1.[PbH2]. The third-order valence-electron chi connectivity index (χ3n) is 1.72. The molecule has 0 amide bonds. The van der Waals surface area contributed by atoms with Gasteiger partial charge in [0.1, 0.15) is 17.1 Å². The molecular formula is C9H10N2OPb. The number of nitrogens with zero attached hydrogens (tertiary/aromatic N) is 1. The van der Waals surface area contributed by atoms with E-state index in [1.165, 1.54) is 0 Å². The van der Waals surface area contributed by atoms with Crippen LogP contribution in [0.2, 0.25) is 0 Å². The summed E-state index contributed by atoms with van der Waals surface area (Å²) in [6.45, 7) is 0. The van der Waals surface area contributed by atoms with Crippen LogP contribution >= 0.6 is 0 Å². The molecule has 1 heterocycles. The van der Waals surface area contributed by atoms with E-state index in [0.717, 1.165) is 5.39 Å². The standard InChI is InChI=1S/C9H8N2O.Pb.2H/c10-8-5-4-6-2-1-3-7(12)9(6)11-8;;;/h1-5,12H,(H2,10,11);;;. The minimum atomic E-state index is 0. The molecule has 0 aliphatic rings. The Labute approximate surface area is 95.7 Å². The first-order chi connectivity index (χ1) is 5.77. The molecule has 0 aliphatic heterocycles. The van der Waals surface area contributed by atoms with Crippen LogP contribution < -0.4 is 5.73 Å². The molecule has 0 aliphatic carbocycles. The Balaban J connectivity index is 0.000000845. The Morgan fingerprint density at radius 1 is 1.15 bits per heavy atom. The number of nitrogen functional groups attached to an aromatic ring is 1. The molecule has 3 N–H and O–H groups in total. The number of rotatable bonds is 0. The number of hydrogen-bond donors (Lipinski definition) is 2. The molecule has 0 bridgehead atoms. The van der Waals surface area contributed by atoms with Crippen LogP contribution in [0.1, 0.15) is 0 Å². The third kappa shape index (κ3) is 1.90. The number of para-hydroxylation sites is 1. The quantitative estimate of drug-likeness (QED) is 0.669. The molecule has 0 fully saturated rings. The molecule has 1 aromatic carbocycles. The van der Waals surface area contributed by atoms with Crippen LogP contribution in [0.3, 0.4) is 0 Å². The molecule has 2 aromatic rings. The summed E-state index contributed by atoms with van der Waals surface area (Å²) in [4.78, 5) is 4.00. The average Bonchev–Trinajstić information content (AvgIpc) is 2.07. The summed E-state index contributed by atoms with van der Waals surface area (Å²) in [7, 11) is 0. The van der Waals surface area contributed by atoms with Gasteiger partial charge in [0.05, 0.1) is 0 Å². The van der Waals surface area contributed by atoms with Gasteiger partial charge in [-0.25, -0.2) is 4.98 Å². The summed E-state index contributed by atoms with van der Waals surface area (Å²) < 4.78 is 0. The zero-order valence-electron chi connectivity index (χ0n) is 7.07. The zero-order valence-corrected chi connectivity index (χ0v) is 12.6. The van der Waals surface area contributed by atoms with E-state index in [1.807, 2.05) is 12.1 Å². The summed E-state index contributed by atoms with van der Waals surface area (Å²) in [5.74, 6) is 0.587. The number of aromatic nitrogens is 1. The first kappa shape index (κ1) is 10.2. The number of hydrogen-bond acceptors (Lipinski definition) is 3. The van der Waals surface area contributed by atoms with Gasteiger partial charge < -0.3 is 10.8 Å². The average molecular weight is 369 g/mol. The van der Waals surface area contributed by atoms with E-state index in [-0.39, 0.29) is 33.0 Å². The fourth-order valence-corrected chi connectivity index (χ4v) is 1.15. The Bertz CT molecular complexity index is 431. The van der Waals surface area contributed by atoms with E-state index in [9.17, 15) is 5.11 Å². The normalized spacial score (nSPS) is 9.54. The van der Waals surface area contributed by atoms with Gasteiger partial charge in [-0.1, -0.05) is 12.1 Å². The monoisotopic (exact) mass is 370 g/mol. The molecule has 13 heavy (non-hydrogen) atoms. The molecule has 0 saturated heterocycles. The van der Waals surface area contributed by atoms with Crippen molar-refractivity contribution in [2.24, 2.45) is 0 Å². The van der Waals surface area contributed by atoms with Crippen molar-refractivity contribution in [3.8, 4) is 5.75 Å². The Morgan fingerprint density at radius 3 is 2.69 bits per heavy atom. The molecular weight excluding hydrogens is 359 g/mol. The van der Waals surface area contributed by atoms with Crippen LogP contribution in [-0.4, -0.2) is 37.4 Å². The van der Waals surface area contributed by atoms with E-state index in [4.69, 9.17) is 5.73 Å². The number of phenols is 1. The predicted octanol–water partition coefficient (Wildman–Crippen LogP) is 0.606. The van der Waals surface area contributed by atoms with Crippen molar-refractivity contribution in [3.63, 3.8) is 0 Å². The molecule has 4 heteroatoms. The second-order valence-electron chi connectivity index (χ2n) is 2.58. The fraction of sp³-hybridized carbons (Fsp3) is 0. The van der Waals surface area contributed by atoms with E-state index < -0.39 is 0 Å². The van der Waals surface area contributed by atoms with Crippen molar-refractivity contribution >= 4 is 44.0 Å². The number of anilines is 1. The molecule has 0 unspecified atom stereocenters. The van der Waals surface area contributed by atoms with Gasteiger partial charge in [0, 0.05) is 5.39 Å². The molecule has 1 aromatic heterocycles. The summed E-state index contributed by atoms with van der Waals surface area (Å²) in [6, 6.07) is 8.78. The second kappa shape index (κ2) is 3.91. The van der Waals surface area contributed by atoms with Crippen molar-refractivity contribution in [1.29, 1.82) is 0 Å². The van der Waals surface area contributed by atoms with Gasteiger partial charge in [-0.15, -0.1) is 0 Å². The van der Waals surface area contributed by atoms with Crippen LogP contribution in [0, 0.1) is 0 Å². The van der Waals surface area contributed by atoms with Crippen LogP contribution in [-0.2, 0) is 0 Å². The first-order valence-electron chi connectivity index (χ1n) is 3.61. The summed E-state index contributed by atoms with van der Waals surface area (Å²) >= 11 is 0. The van der Waals surface area contributed by atoms with Gasteiger partial charge in [-0.05, 0) is 18.2 Å². The predicted molar refractivity (Wildman–Crippen MR) is 56.4 cm³/mol. The van der Waals surface area contributed by atoms with Gasteiger partial charge in [-0.3, -0.25) is 0 Å². The molecule has 3 nitrogen and oxygen atoms in total. The van der Waals surface area contributed by atoms with Gasteiger partial charge in [0.25, 0.3) is 0 Å². The van der Waals surface area contributed by atoms with Crippen molar-refractivity contribution in [1.82, 2.24) is 4.98 Å². The summed E-state index contributed by atoms with van der Waals surface area (Å²) in [5, 5.41) is 10.3. The van der Waals surface area contributed by atoms with Crippen LogP contribution in [0.4, 0.5) is 5.82 Å². The first-order valence-corrected chi connectivity index (χ1v) is 3.61. The maximum atomic E-state index is 9.38. The minimum absolute atomic E-state index is 0. The van der Waals surface area contributed by atoms with Crippen LogP contribution in [0.5, 0.6) is 5.75 Å². The number of aromatic hydroxyl groups is 1. The second-order valence-corrected chi connectivity index (χ2v) is 2.58. The van der Waals surface area contributed by atoms with E-state index in [2.05, 4.69) is 4.98 Å². The molecule has 2 rings (SSSR count).